The number of aryl methyl sites for hydroxylation is 1. The topological polar surface area (TPSA) is 29.9 Å². The summed E-state index contributed by atoms with van der Waals surface area (Å²) in [7, 11) is 1.96. The van der Waals surface area contributed by atoms with Crippen molar-refractivity contribution in [3.05, 3.63) is 53.9 Å². The summed E-state index contributed by atoms with van der Waals surface area (Å²) >= 11 is 0. The van der Waals surface area contributed by atoms with Crippen molar-refractivity contribution in [2.24, 2.45) is 7.05 Å². The molecule has 2 rings (SSSR count). The quantitative estimate of drug-likeness (QED) is 0.878. The molecule has 0 radical (unpaired) electrons. The summed E-state index contributed by atoms with van der Waals surface area (Å²) in [5, 5.41) is 3.38. The Balaban J connectivity index is 1.95. The zero-order valence-electron chi connectivity index (χ0n) is 10.0. The maximum Gasteiger partial charge on any atom is 0.123 e. The molecule has 0 bridgehead atoms. The average Bonchev–Trinajstić information content (AvgIpc) is 2.73. The minimum Gasteiger partial charge on any atom is -0.337 e. The molecule has 1 aromatic carbocycles. The first kappa shape index (κ1) is 11.8. The lowest BCUT2D eigenvalue weighted by Gasteiger charge is -2.14. The highest BCUT2D eigenvalue weighted by Gasteiger charge is 2.06. The van der Waals surface area contributed by atoms with Gasteiger partial charge < -0.3 is 9.88 Å². The second-order valence-electron chi connectivity index (χ2n) is 4.15. The molecule has 17 heavy (non-hydrogen) atoms. The van der Waals surface area contributed by atoms with Crippen LogP contribution >= 0.6 is 0 Å². The van der Waals surface area contributed by atoms with E-state index in [0.29, 0.717) is 0 Å². The average molecular weight is 233 g/mol. The third kappa shape index (κ3) is 2.91. The molecule has 1 N–H and O–H groups in total. The Hall–Kier alpha value is -1.68. The molecule has 1 aromatic heterocycles. The summed E-state index contributed by atoms with van der Waals surface area (Å²) in [6.45, 7) is 2.80. The number of imidazole rings is 1. The van der Waals surface area contributed by atoms with Gasteiger partial charge in [0.05, 0.1) is 12.0 Å². The standard InChI is InChI=1S/C13H16FN3/c1-10(11-3-5-12(14)6-4-11)16-8-13-7-15-9-17(13)2/h3-7,9-10,16H,8H2,1-2H3/t10-/m0/s1. The van der Waals surface area contributed by atoms with Gasteiger partial charge in [0.25, 0.3) is 0 Å². The van der Waals surface area contributed by atoms with E-state index in [4.69, 9.17) is 0 Å². The smallest absolute Gasteiger partial charge is 0.123 e. The van der Waals surface area contributed by atoms with Crippen LogP contribution in [0.15, 0.2) is 36.8 Å². The van der Waals surface area contributed by atoms with E-state index in [1.807, 2.05) is 17.8 Å². The highest BCUT2D eigenvalue weighted by molar-refractivity contribution is 5.19. The van der Waals surface area contributed by atoms with E-state index >= 15 is 0 Å². The third-order valence-electron chi connectivity index (χ3n) is 2.88. The van der Waals surface area contributed by atoms with Gasteiger partial charge in [-0.05, 0) is 24.6 Å². The van der Waals surface area contributed by atoms with Crippen LogP contribution in [0.1, 0.15) is 24.2 Å². The van der Waals surface area contributed by atoms with Gasteiger partial charge in [-0.3, -0.25) is 0 Å². The van der Waals surface area contributed by atoms with E-state index in [1.165, 1.54) is 12.1 Å². The van der Waals surface area contributed by atoms with Crippen molar-refractivity contribution in [1.82, 2.24) is 14.9 Å². The molecule has 1 atom stereocenters. The molecule has 0 aliphatic rings. The van der Waals surface area contributed by atoms with Gasteiger partial charge in [-0.15, -0.1) is 0 Å². The molecule has 0 fully saturated rings. The van der Waals surface area contributed by atoms with Crippen LogP contribution in [-0.2, 0) is 13.6 Å². The van der Waals surface area contributed by atoms with Crippen LogP contribution in [0.25, 0.3) is 0 Å². The van der Waals surface area contributed by atoms with Crippen molar-refractivity contribution in [3.63, 3.8) is 0 Å². The molecule has 0 unspecified atom stereocenters. The molecule has 1 heterocycles. The minimum atomic E-state index is -0.201. The third-order valence-corrected chi connectivity index (χ3v) is 2.88. The van der Waals surface area contributed by atoms with Crippen LogP contribution in [0.3, 0.4) is 0 Å². The Kier molecular flexibility index (Phi) is 3.54. The number of aromatic nitrogens is 2. The Morgan fingerprint density at radius 1 is 1.35 bits per heavy atom. The lowest BCUT2D eigenvalue weighted by atomic mass is 10.1. The highest BCUT2D eigenvalue weighted by Crippen LogP contribution is 2.13. The number of benzene rings is 1. The van der Waals surface area contributed by atoms with Crippen LogP contribution < -0.4 is 5.32 Å². The van der Waals surface area contributed by atoms with Crippen molar-refractivity contribution in [2.75, 3.05) is 0 Å². The monoisotopic (exact) mass is 233 g/mol. The number of hydrogen-bond acceptors (Lipinski definition) is 2. The molecule has 0 aliphatic carbocycles. The van der Waals surface area contributed by atoms with E-state index in [-0.39, 0.29) is 11.9 Å². The SMILES string of the molecule is C[C@H](NCc1cncn1C)c1ccc(F)cc1. The van der Waals surface area contributed by atoms with E-state index in [1.54, 1.807) is 18.5 Å². The first-order valence-electron chi connectivity index (χ1n) is 5.61. The summed E-state index contributed by atoms with van der Waals surface area (Å²) in [4.78, 5) is 4.06. The molecule has 0 saturated heterocycles. The van der Waals surface area contributed by atoms with Crippen LogP contribution in [0, 0.1) is 5.82 Å². The molecule has 4 heteroatoms. The number of rotatable bonds is 4. The summed E-state index contributed by atoms with van der Waals surface area (Å²) in [5.74, 6) is -0.201. The van der Waals surface area contributed by atoms with Gasteiger partial charge in [0.2, 0.25) is 0 Å². The van der Waals surface area contributed by atoms with Crippen LogP contribution in [0.2, 0.25) is 0 Å². The predicted octanol–water partition coefficient (Wildman–Crippen LogP) is 2.41. The summed E-state index contributed by atoms with van der Waals surface area (Å²) in [5.41, 5.74) is 2.20. The molecule has 0 aliphatic heterocycles. The zero-order valence-corrected chi connectivity index (χ0v) is 10.0. The minimum absolute atomic E-state index is 0.186. The molecular formula is C13H16FN3. The fourth-order valence-electron chi connectivity index (χ4n) is 1.68. The lowest BCUT2D eigenvalue weighted by Crippen LogP contribution is -2.19. The van der Waals surface area contributed by atoms with Crippen molar-refractivity contribution >= 4 is 0 Å². The highest BCUT2D eigenvalue weighted by atomic mass is 19.1. The predicted molar refractivity (Wildman–Crippen MR) is 64.9 cm³/mol. The number of halogens is 1. The Bertz CT molecular complexity index is 476. The molecule has 0 amide bonds. The van der Waals surface area contributed by atoms with Crippen LogP contribution in [-0.4, -0.2) is 9.55 Å². The van der Waals surface area contributed by atoms with E-state index in [0.717, 1.165) is 17.8 Å². The fourth-order valence-corrected chi connectivity index (χ4v) is 1.68. The maximum atomic E-state index is 12.8. The van der Waals surface area contributed by atoms with Crippen molar-refractivity contribution in [3.8, 4) is 0 Å². The fraction of sp³-hybridized carbons (Fsp3) is 0.308. The number of nitrogens with zero attached hydrogens (tertiary/aromatic N) is 2. The summed E-state index contributed by atoms with van der Waals surface area (Å²) in [6, 6.07) is 6.76. The largest absolute Gasteiger partial charge is 0.337 e. The van der Waals surface area contributed by atoms with Gasteiger partial charge in [0.1, 0.15) is 5.82 Å². The van der Waals surface area contributed by atoms with Crippen molar-refractivity contribution in [2.45, 2.75) is 19.5 Å². The maximum absolute atomic E-state index is 12.8. The first-order chi connectivity index (χ1) is 8.16. The molecule has 3 nitrogen and oxygen atoms in total. The number of nitrogens with one attached hydrogen (secondary N) is 1. The van der Waals surface area contributed by atoms with Gasteiger partial charge >= 0.3 is 0 Å². The second-order valence-corrected chi connectivity index (χ2v) is 4.15. The Labute approximate surface area is 100 Å². The number of hydrogen-bond donors (Lipinski definition) is 1. The van der Waals surface area contributed by atoms with Gasteiger partial charge in [-0.1, -0.05) is 12.1 Å². The van der Waals surface area contributed by atoms with Crippen molar-refractivity contribution < 1.29 is 4.39 Å². The van der Waals surface area contributed by atoms with Crippen LogP contribution in [0.4, 0.5) is 4.39 Å². The second kappa shape index (κ2) is 5.10. The lowest BCUT2D eigenvalue weighted by molar-refractivity contribution is 0.555. The van der Waals surface area contributed by atoms with Crippen molar-refractivity contribution in [1.29, 1.82) is 0 Å². The summed E-state index contributed by atoms with van der Waals surface area (Å²) < 4.78 is 14.8. The van der Waals surface area contributed by atoms with Gasteiger partial charge in [-0.2, -0.15) is 0 Å². The zero-order chi connectivity index (χ0) is 12.3. The molecule has 0 spiro atoms. The van der Waals surface area contributed by atoms with Crippen LogP contribution in [0.5, 0.6) is 0 Å². The van der Waals surface area contributed by atoms with Gasteiger partial charge in [0.15, 0.2) is 0 Å². The molecule has 2 aromatic rings. The van der Waals surface area contributed by atoms with E-state index < -0.39 is 0 Å². The Morgan fingerprint density at radius 3 is 2.65 bits per heavy atom. The Morgan fingerprint density at radius 2 is 2.06 bits per heavy atom. The van der Waals surface area contributed by atoms with Gasteiger partial charge in [0, 0.05) is 25.8 Å². The first-order valence-corrected chi connectivity index (χ1v) is 5.61. The molecular weight excluding hydrogens is 217 g/mol. The molecule has 90 valence electrons. The van der Waals surface area contributed by atoms with Gasteiger partial charge in [-0.25, -0.2) is 9.37 Å². The normalized spacial score (nSPS) is 12.6. The summed E-state index contributed by atoms with van der Waals surface area (Å²) in [6.07, 6.45) is 3.62. The van der Waals surface area contributed by atoms with E-state index in [2.05, 4.69) is 17.2 Å². The van der Waals surface area contributed by atoms with E-state index in [9.17, 15) is 4.39 Å². The molecule has 0 saturated carbocycles.